The Kier molecular flexibility index (Phi) is 10.7. The minimum atomic E-state index is -0.0201. The smallest absolute Gasteiger partial charge is 0.261 e. The second-order valence-electron chi connectivity index (χ2n) is 6.73. The number of anilines is 1. The van der Waals surface area contributed by atoms with Crippen LogP contribution >= 0.6 is 46.9 Å². The number of hydrogen-bond acceptors (Lipinski definition) is 5. The van der Waals surface area contributed by atoms with Gasteiger partial charge in [-0.3, -0.25) is 9.79 Å². The van der Waals surface area contributed by atoms with Crippen LogP contribution in [0.25, 0.3) is 0 Å². The van der Waals surface area contributed by atoms with E-state index in [-0.39, 0.29) is 35.9 Å². The second-order valence-corrected chi connectivity index (χ2v) is 8.09. The van der Waals surface area contributed by atoms with E-state index in [1.54, 1.807) is 6.20 Å². The van der Waals surface area contributed by atoms with Gasteiger partial charge in [-0.15, -0.1) is 35.3 Å². The first-order chi connectivity index (χ1) is 14.2. The molecule has 0 bridgehead atoms. The highest BCUT2D eigenvalue weighted by Crippen LogP contribution is 2.25. The number of pyridine rings is 1. The van der Waals surface area contributed by atoms with Gasteiger partial charge in [0, 0.05) is 45.0 Å². The van der Waals surface area contributed by atoms with Crippen molar-refractivity contribution < 1.29 is 4.79 Å². The predicted octanol–water partition coefficient (Wildman–Crippen LogP) is 3.37. The number of rotatable bonds is 8. The first-order valence-electron chi connectivity index (χ1n) is 9.89. The Morgan fingerprint density at radius 2 is 2.23 bits per heavy atom. The molecule has 2 aromatic rings. The number of aliphatic imine (C=N–C) groups is 1. The van der Waals surface area contributed by atoms with E-state index in [2.05, 4.69) is 30.8 Å². The number of hydrogen-bond donors (Lipinski definition) is 3. The molecule has 0 saturated carbocycles. The molecule has 30 heavy (non-hydrogen) atoms. The van der Waals surface area contributed by atoms with Crippen molar-refractivity contribution in [2.24, 2.45) is 4.99 Å². The van der Waals surface area contributed by atoms with Crippen molar-refractivity contribution in [1.29, 1.82) is 0 Å². The van der Waals surface area contributed by atoms with Gasteiger partial charge in [0.25, 0.3) is 5.91 Å². The molecule has 3 rings (SSSR count). The van der Waals surface area contributed by atoms with Crippen LogP contribution in [0.3, 0.4) is 0 Å². The zero-order valence-corrected chi connectivity index (χ0v) is 20.8. The van der Waals surface area contributed by atoms with Crippen molar-refractivity contribution >= 4 is 64.6 Å². The summed E-state index contributed by atoms with van der Waals surface area (Å²) in [5, 5.41) is 12.3. The lowest BCUT2D eigenvalue weighted by Crippen LogP contribution is -2.44. The molecule has 2 aromatic heterocycles. The number of nitrogens with zero attached hydrogens (tertiary/aromatic N) is 3. The number of thiophene rings is 1. The van der Waals surface area contributed by atoms with Gasteiger partial charge in [-0.05, 0) is 43.3 Å². The standard InChI is InChI=1S/C20H27ClN6OS.HI/c1-2-22-20(25-11-5-10-24-19(28)17-7-4-13-29-17)26-15-8-12-27(14-15)18-16(21)6-3-9-23-18;/h3-4,6-7,9,13,15H,2,5,8,10-12,14H2,1H3,(H,24,28)(H2,22,25,26);1H. The van der Waals surface area contributed by atoms with Crippen molar-refractivity contribution in [3.63, 3.8) is 0 Å². The minimum Gasteiger partial charge on any atom is -0.357 e. The first-order valence-corrected chi connectivity index (χ1v) is 11.1. The maximum atomic E-state index is 11.9. The van der Waals surface area contributed by atoms with Crippen LogP contribution in [-0.4, -0.2) is 55.6 Å². The Labute approximate surface area is 203 Å². The maximum absolute atomic E-state index is 11.9. The van der Waals surface area contributed by atoms with Gasteiger partial charge < -0.3 is 20.9 Å². The molecule has 1 fully saturated rings. The van der Waals surface area contributed by atoms with E-state index in [9.17, 15) is 4.79 Å². The van der Waals surface area contributed by atoms with Gasteiger partial charge in [-0.1, -0.05) is 17.7 Å². The van der Waals surface area contributed by atoms with E-state index < -0.39 is 0 Å². The molecule has 7 nitrogen and oxygen atoms in total. The summed E-state index contributed by atoms with van der Waals surface area (Å²) in [4.78, 5) is 23.9. The van der Waals surface area contributed by atoms with Crippen LogP contribution < -0.4 is 20.9 Å². The summed E-state index contributed by atoms with van der Waals surface area (Å²) in [5.74, 6) is 1.62. The number of nitrogens with one attached hydrogen (secondary N) is 3. The van der Waals surface area contributed by atoms with Crippen molar-refractivity contribution in [3.8, 4) is 0 Å². The third kappa shape index (κ3) is 7.28. The molecule has 0 aromatic carbocycles. The van der Waals surface area contributed by atoms with E-state index in [0.29, 0.717) is 18.1 Å². The molecule has 1 aliphatic rings. The van der Waals surface area contributed by atoms with E-state index in [0.717, 1.165) is 49.1 Å². The summed E-state index contributed by atoms with van der Waals surface area (Å²) in [7, 11) is 0. The highest BCUT2D eigenvalue weighted by Gasteiger charge is 2.25. The lowest BCUT2D eigenvalue weighted by molar-refractivity contribution is 0.0957. The van der Waals surface area contributed by atoms with Crippen molar-refractivity contribution in [2.45, 2.75) is 25.8 Å². The largest absolute Gasteiger partial charge is 0.357 e. The average molecular weight is 563 g/mol. The number of halogens is 2. The predicted molar refractivity (Wildman–Crippen MR) is 136 cm³/mol. The molecule has 3 heterocycles. The molecule has 1 atom stereocenters. The normalized spacial score (nSPS) is 16.1. The molecule has 0 spiro atoms. The monoisotopic (exact) mass is 562 g/mol. The van der Waals surface area contributed by atoms with E-state index in [1.807, 2.05) is 36.6 Å². The Bertz CT molecular complexity index is 819. The summed E-state index contributed by atoms with van der Waals surface area (Å²) < 4.78 is 0. The lowest BCUT2D eigenvalue weighted by atomic mass is 10.3. The summed E-state index contributed by atoms with van der Waals surface area (Å²) in [6.45, 7) is 5.83. The van der Waals surface area contributed by atoms with E-state index >= 15 is 0 Å². The van der Waals surface area contributed by atoms with Gasteiger partial charge in [-0.25, -0.2) is 4.98 Å². The Balaban J connectivity index is 0.00000320. The van der Waals surface area contributed by atoms with Crippen LogP contribution in [0.2, 0.25) is 5.02 Å². The van der Waals surface area contributed by atoms with Gasteiger partial charge in [0.05, 0.1) is 9.90 Å². The number of amides is 1. The summed E-state index contributed by atoms with van der Waals surface area (Å²) in [6.07, 6.45) is 3.55. The molecule has 10 heteroatoms. The average Bonchev–Trinajstić information content (AvgIpc) is 3.40. The topological polar surface area (TPSA) is 81.6 Å². The maximum Gasteiger partial charge on any atom is 0.261 e. The SMILES string of the molecule is CCNC(=NCCCNC(=O)c1cccs1)NC1CCN(c2ncccc2Cl)C1.I. The fourth-order valence-electron chi connectivity index (χ4n) is 3.16. The Morgan fingerprint density at radius 1 is 1.37 bits per heavy atom. The van der Waals surface area contributed by atoms with Crippen LogP contribution in [-0.2, 0) is 0 Å². The Morgan fingerprint density at radius 3 is 2.97 bits per heavy atom. The van der Waals surface area contributed by atoms with Gasteiger partial charge in [-0.2, -0.15) is 0 Å². The van der Waals surface area contributed by atoms with E-state index in [4.69, 9.17) is 11.6 Å². The van der Waals surface area contributed by atoms with Crippen molar-refractivity contribution in [2.75, 3.05) is 37.6 Å². The summed E-state index contributed by atoms with van der Waals surface area (Å²) in [6, 6.07) is 7.70. The highest BCUT2D eigenvalue weighted by atomic mass is 127. The molecular formula is C20H28ClIN6OS. The van der Waals surface area contributed by atoms with Gasteiger partial charge in [0.2, 0.25) is 0 Å². The molecule has 1 saturated heterocycles. The van der Waals surface area contributed by atoms with Crippen molar-refractivity contribution in [3.05, 3.63) is 45.7 Å². The molecule has 0 aliphatic carbocycles. The molecule has 164 valence electrons. The van der Waals surface area contributed by atoms with Gasteiger partial charge in [0.15, 0.2) is 5.96 Å². The van der Waals surface area contributed by atoms with Gasteiger partial charge in [0.1, 0.15) is 5.82 Å². The number of aromatic nitrogens is 1. The first kappa shape index (κ1) is 24.7. The molecular weight excluding hydrogens is 535 g/mol. The quantitative estimate of drug-likeness (QED) is 0.199. The summed E-state index contributed by atoms with van der Waals surface area (Å²) >= 11 is 7.72. The number of carbonyl (C=O) groups excluding carboxylic acids is 1. The number of guanidine groups is 1. The van der Waals surface area contributed by atoms with Gasteiger partial charge >= 0.3 is 0 Å². The fraction of sp³-hybridized carbons (Fsp3) is 0.450. The van der Waals surface area contributed by atoms with Crippen LogP contribution in [0.1, 0.15) is 29.4 Å². The van der Waals surface area contributed by atoms with Crippen LogP contribution in [0.4, 0.5) is 5.82 Å². The zero-order valence-electron chi connectivity index (χ0n) is 16.9. The fourth-order valence-corrected chi connectivity index (χ4v) is 4.04. The van der Waals surface area contributed by atoms with Crippen LogP contribution in [0.5, 0.6) is 0 Å². The van der Waals surface area contributed by atoms with E-state index in [1.165, 1.54) is 11.3 Å². The Hall–Kier alpha value is -1.59. The molecule has 0 radical (unpaired) electrons. The minimum absolute atomic E-state index is 0. The number of carbonyl (C=O) groups is 1. The van der Waals surface area contributed by atoms with Crippen LogP contribution in [0, 0.1) is 0 Å². The lowest BCUT2D eigenvalue weighted by Gasteiger charge is -2.20. The van der Waals surface area contributed by atoms with Crippen molar-refractivity contribution in [1.82, 2.24) is 20.9 Å². The summed E-state index contributed by atoms with van der Waals surface area (Å²) in [5.41, 5.74) is 0. The molecule has 1 aliphatic heterocycles. The zero-order chi connectivity index (χ0) is 20.5. The van der Waals surface area contributed by atoms with Crippen LogP contribution in [0.15, 0.2) is 40.8 Å². The molecule has 1 unspecified atom stereocenters. The second kappa shape index (κ2) is 13.0. The highest BCUT2D eigenvalue weighted by molar-refractivity contribution is 14.0. The molecule has 3 N–H and O–H groups in total. The third-order valence-corrected chi connectivity index (χ3v) is 5.71. The third-order valence-electron chi connectivity index (χ3n) is 4.55. The molecule has 1 amide bonds.